The van der Waals surface area contributed by atoms with Gasteiger partial charge in [-0.3, -0.25) is 9.52 Å². The first kappa shape index (κ1) is 20.9. The SMILES string of the molecule is CC(C)C(C)N(C(=O)c1cccc(S(=O)(=O)Nc2ccc(Br)cc2)c1)C1CC1. The molecule has 1 unspecified atom stereocenters. The van der Waals surface area contributed by atoms with Gasteiger partial charge in [0.2, 0.25) is 0 Å². The number of benzene rings is 2. The molecule has 1 amide bonds. The molecule has 28 heavy (non-hydrogen) atoms. The summed E-state index contributed by atoms with van der Waals surface area (Å²) >= 11 is 3.33. The zero-order valence-electron chi connectivity index (χ0n) is 16.2. The van der Waals surface area contributed by atoms with Crippen LogP contribution in [0.1, 0.15) is 44.0 Å². The molecule has 0 radical (unpaired) electrons. The average Bonchev–Trinajstić information content (AvgIpc) is 3.48. The number of hydrogen-bond acceptors (Lipinski definition) is 3. The van der Waals surface area contributed by atoms with Gasteiger partial charge in [0.15, 0.2) is 0 Å². The lowest BCUT2D eigenvalue weighted by Gasteiger charge is -2.32. The molecule has 5 nitrogen and oxygen atoms in total. The van der Waals surface area contributed by atoms with Crippen molar-refractivity contribution < 1.29 is 13.2 Å². The van der Waals surface area contributed by atoms with E-state index in [0.29, 0.717) is 17.2 Å². The lowest BCUT2D eigenvalue weighted by molar-refractivity contribution is 0.0627. The minimum absolute atomic E-state index is 0.0780. The summed E-state index contributed by atoms with van der Waals surface area (Å²) in [6.07, 6.45) is 2.01. The van der Waals surface area contributed by atoms with E-state index in [0.717, 1.165) is 17.3 Å². The van der Waals surface area contributed by atoms with E-state index in [9.17, 15) is 13.2 Å². The van der Waals surface area contributed by atoms with Gasteiger partial charge in [-0.1, -0.05) is 35.8 Å². The van der Waals surface area contributed by atoms with E-state index in [1.54, 1.807) is 36.4 Å². The van der Waals surface area contributed by atoms with Crippen LogP contribution < -0.4 is 4.72 Å². The fourth-order valence-corrected chi connectivity index (χ4v) is 4.40. The van der Waals surface area contributed by atoms with Crippen molar-refractivity contribution in [2.24, 2.45) is 5.92 Å². The molecule has 0 aromatic heterocycles. The number of carbonyl (C=O) groups is 1. The molecule has 1 aliphatic carbocycles. The van der Waals surface area contributed by atoms with Crippen LogP contribution in [-0.4, -0.2) is 31.3 Å². The molecule has 1 fully saturated rings. The number of nitrogens with zero attached hydrogens (tertiary/aromatic N) is 1. The molecule has 0 saturated heterocycles. The van der Waals surface area contributed by atoms with Crippen molar-refractivity contribution >= 4 is 37.5 Å². The van der Waals surface area contributed by atoms with Crippen LogP contribution in [0, 0.1) is 5.92 Å². The van der Waals surface area contributed by atoms with Crippen molar-refractivity contribution in [3.8, 4) is 0 Å². The number of carbonyl (C=O) groups excluding carboxylic acids is 1. The van der Waals surface area contributed by atoms with Gasteiger partial charge in [0, 0.05) is 27.8 Å². The van der Waals surface area contributed by atoms with Gasteiger partial charge in [-0.25, -0.2) is 8.42 Å². The smallest absolute Gasteiger partial charge is 0.261 e. The number of nitrogens with one attached hydrogen (secondary N) is 1. The maximum atomic E-state index is 13.2. The second kappa shape index (κ2) is 8.25. The van der Waals surface area contributed by atoms with Crippen LogP contribution in [-0.2, 0) is 10.0 Å². The van der Waals surface area contributed by atoms with Gasteiger partial charge in [-0.05, 0) is 68.1 Å². The molecule has 2 aromatic carbocycles. The van der Waals surface area contributed by atoms with Gasteiger partial charge in [-0.15, -0.1) is 0 Å². The summed E-state index contributed by atoms with van der Waals surface area (Å²) in [5.74, 6) is 0.222. The first-order valence-corrected chi connectivity index (χ1v) is 11.7. The third-order valence-corrected chi connectivity index (χ3v) is 6.97. The summed E-state index contributed by atoms with van der Waals surface area (Å²) in [6, 6.07) is 13.5. The second-order valence-electron chi connectivity index (χ2n) is 7.57. The summed E-state index contributed by atoms with van der Waals surface area (Å²) in [7, 11) is -3.79. The van der Waals surface area contributed by atoms with Gasteiger partial charge >= 0.3 is 0 Å². The molecule has 1 N–H and O–H groups in total. The Labute approximate surface area is 175 Å². The third kappa shape index (κ3) is 4.75. The Bertz CT molecular complexity index is 954. The maximum Gasteiger partial charge on any atom is 0.261 e. The molecular weight excluding hydrogens is 440 g/mol. The van der Waals surface area contributed by atoms with E-state index in [1.807, 2.05) is 4.90 Å². The van der Waals surface area contributed by atoms with Crippen molar-refractivity contribution in [3.63, 3.8) is 0 Å². The highest BCUT2D eigenvalue weighted by Gasteiger charge is 2.37. The largest absolute Gasteiger partial charge is 0.333 e. The van der Waals surface area contributed by atoms with E-state index < -0.39 is 10.0 Å². The fraction of sp³-hybridized carbons (Fsp3) is 0.381. The summed E-state index contributed by atoms with van der Waals surface area (Å²) in [5.41, 5.74) is 0.867. The van der Waals surface area contributed by atoms with Crippen molar-refractivity contribution in [1.29, 1.82) is 0 Å². The fourth-order valence-electron chi connectivity index (χ4n) is 3.03. The molecular formula is C21H25BrN2O3S. The Hall–Kier alpha value is -1.86. The molecule has 0 heterocycles. The third-order valence-electron chi connectivity index (χ3n) is 5.07. The number of anilines is 1. The second-order valence-corrected chi connectivity index (χ2v) is 10.2. The predicted octanol–water partition coefficient (Wildman–Crippen LogP) is 4.90. The number of halogens is 1. The van der Waals surface area contributed by atoms with E-state index >= 15 is 0 Å². The average molecular weight is 465 g/mol. The Morgan fingerprint density at radius 2 is 1.75 bits per heavy atom. The molecule has 7 heteroatoms. The van der Waals surface area contributed by atoms with E-state index in [4.69, 9.17) is 0 Å². The van der Waals surface area contributed by atoms with Crippen molar-refractivity contribution in [2.45, 2.75) is 50.6 Å². The molecule has 3 rings (SSSR count). The minimum atomic E-state index is -3.79. The number of amides is 1. The van der Waals surface area contributed by atoms with Gasteiger partial charge in [-0.2, -0.15) is 0 Å². The van der Waals surface area contributed by atoms with Crippen LogP contribution in [0.4, 0.5) is 5.69 Å². The van der Waals surface area contributed by atoms with Crippen molar-refractivity contribution in [1.82, 2.24) is 4.90 Å². The highest BCUT2D eigenvalue weighted by molar-refractivity contribution is 9.10. The number of sulfonamides is 1. The van der Waals surface area contributed by atoms with Crippen molar-refractivity contribution in [2.75, 3.05) is 4.72 Å². The van der Waals surface area contributed by atoms with Crippen LogP contribution in [0.2, 0.25) is 0 Å². The number of hydrogen-bond donors (Lipinski definition) is 1. The Kier molecular flexibility index (Phi) is 6.15. The molecule has 1 atom stereocenters. The molecule has 1 saturated carbocycles. The quantitative estimate of drug-likeness (QED) is 0.633. The molecule has 2 aromatic rings. The predicted molar refractivity (Wildman–Crippen MR) is 115 cm³/mol. The highest BCUT2D eigenvalue weighted by Crippen LogP contribution is 2.32. The number of rotatable bonds is 7. The standard InChI is InChI=1S/C21H25BrN2O3S/c1-14(2)15(3)24(19-11-12-19)21(25)16-5-4-6-20(13-16)28(26,27)23-18-9-7-17(22)8-10-18/h4-10,13-15,19,23H,11-12H2,1-3H3. The highest BCUT2D eigenvalue weighted by atomic mass is 79.9. The lowest BCUT2D eigenvalue weighted by atomic mass is 10.0. The Balaban J connectivity index is 1.86. The van der Waals surface area contributed by atoms with Crippen molar-refractivity contribution in [3.05, 3.63) is 58.6 Å². The summed E-state index contributed by atoms with van der Waals surface area (Å²) in [6.45, 7) is 6.24. The van der Waals surface area contributed by atoms with E-state index in [-0.39, 0.29) is 22.9 Å². The normalized spacial score (nSPS) is 15.3. The topological polar surface area (TPSA) is 66.5 Å². The Morgan fingerprint density at radius 1 is 1.11 bits per heavy atom. The van der Waals surface area contributed by atoms with Crippen LogP contribution in [0.25, 0.3) is 0 Å². The zero-order valence-corrected chi connectivity index (χ0v) is 18.6. The van der Waals surface area contributed by atoms with Gasteiger partial charge in [0.25, 0.3) is 15.9 Å². The summed E-state index contributed by atoms with van der Waals surface area (Å²) in [5, 5.41) is 0. The molecule has 0 bridgehead atoms. The van der Waals surface area contributed by atoms with E-state index in [1.165, 1.54) is 12.1 Å². The van der Waals surface area contributed by atoms with Crippen LogP contribution in [0.5, 0.6) is 0 Å². The van der Waals surface area contributed by atoms with Gasteiger partial charge in [0.1, 0.15) is 0 Å². The summed E-state index contributed by atoms with van der Waals surface area (Å²) in [4.78, 5) is 15.1. The molecule has 0 aliphatic heterocycles. The zero-order chi connectivity index (χ0) is 20.5. The van der Waals surface area contributed by atoms with E-state index in [2.05, 4.69) is 41.4 Å². The minimum Gasteiger partial charge on any atom is -0.333 e. The monoisotopic (exact) mass is 464 g/mol. The van der Waals surface area contributed by atoms with Crippen LogP contribution >= 0.6 is 15.9 Å². The molecule has 1 aliphatic rings. The molecule has 150 valence electrons. The first-order chi connectivity index (χ1) is 13.2. The van der Waals surface area contributed by atoms with Gasteiger partial charge < -0.3 is 4.90 Å². The maximum absolute atomic E-state index is 13.2. The summed E-state index contributed by atoms with van der Waals surface area (Å²) < 4.78 is 29.0. The first-order valence-electron chi connectivity index (χ1n) is 9.40. The van der Waals surface area contributed by atoms with Crippen LogP contribution in [0.15, 0.2) is 57.9 Å². The Morgan fingerprint density at radius 3 is 2.32 bits per heavy atom. The lowest BCUT2D eigenvalue weighted by Crippen LogP contribution is -2.43. The van der Waals surface area contributed by atoms with Gasteiger partial charge in [0.05, 0.1) is 4.90 Å². The van der Waals surface area contributed by atoms with Crippen LogP contribution in [0.3, 0.4) is 0 Å². The molecule has 0 spiro atoms.